The van der Waals surface area contributed by atoms with Crippen LogP contribution in [0.15, 0.2) is 47.1 Å². The largest absolute Gasteiger partial charge is 0.361 e. The summed E-state index contributed by atoms with van der Waals surface area (Å²) in [5.41, 5.74) is 6.24. The number of hydrogen-bond donors (Lipinski definition) is 0. The molecule has 3 heterocycles. The molecule has 3 aromatic rings. The number of carbonyl (C=O) groups is 1. The van der Waals surface area contributed by atoms with Crippen LogP contribution in [0.5, 0.6) is 0 Å². The third-order valence-corrected chi connectivity index (χ3v) is 6.12. The van der Waals surface area contributed by atoms with Gasteiger partial charge in [-0.1, -0.05) is 54.9 Å². The summed E-state index contributed by atoms with van der Waals surface area (Å²) in [6, 6.07) is 12.9. The number of amides is 1. The van der Waals surface area contributed by atoms with Crippen molar-refractivity contribution in [3.8, 4) is 0 Å². The zero-order valence-corrected chi connectivity index (χ0v) is 18.9. The van der Waals surface area contributed by atoms with E-state index in [1.54, 1.807) is 0 Å². The normalized spacial score (nSPS) is 16.7. The number of aryl methyl sites for hydroxylation is 2. The summed E-state index contributed by atoms with van der Waals surface area (Å²) in [5, 5.41) is 4.12. The molecule has 0 radical (unpaired) electrons. The zero-order chi connectivity index (χ0) is 22.0. The number of hydrogen-bond acceptors (Lipinski definition) is 4. The fraction of sp³-hybridized carbons (Fsp3) is 0.423. The molecule has 31 heavy (non-hydrogen) atoms. The molecule has 0 bridgehead atoms. The van der Waals surface area contributed by atoms with Crippen molar-refractivity contribution < 1.29 is 9.32 Å². The predicted octanol–water partition coefficient (Wildman–Crippen LogP) is 5.42. The Morgan fingerprint density at radius 2 is 2.03 bits per heavy atom. The monoisotopic (exact) mass is 417 g/mol. The van der Waals surface area contributed by atoms with Crippen molar-refractivity contribution in [3.05, 3.63) is 82.0 Å². The lowest BCUT2D eigenvalue weighted by Gasteiger charge is -2.32. The number of nitrogens with zero attached hydrogens (tertiary/aromatic N) is 3. The number of piperidine rings is 1. The lowest BCUT2D eigenvalue weighted by Crippen LogP contribution is -2.39. The number of benzene rings is 1. The average molecular weight is 418 g/mol. The number of likely N-dealkylation sites (tertiary alicyclic amines) is 1. The first-order valence-electron chi connectivity index (χ1n) is 11.2. The maximum Gasteiger partial charge on any atom is 0.259 e. The van der Waals surface area contributed by atoms with E-state index in [1.807, 2.05) is 31.9 Å². The standard InChI is InChI=1S/C26H31N3O2/c1-17(2)25-24(19(4)31-28-25)26(30)29-12-6-9-22(16-29)23-11-10-21(15-27-23)14-20-8-5-7-18(3)13-20/h5,7-8,10-11,13,15,17,22H,6,9,12,14,16H2,1-4H3. The SMILES string of the molecule is Cc1cccc(Cc2ccc(C3CCCN(C(=O)c4c(C(C)C)noc4C)C3)nc2)c1. The van der Waals surface area contributed by atoms with Crippen LogP contribution >= 0.6 is 0 Å². The summed E-state index contributed by atoms with van der Waals surface area (Å²) in [6.07, 6.45) is 4.90. The maximum absolute atomic E-state index is 13.3. The minimum absolute atomic E-state index is 0.0308. The van der Waals surface area contributed by atoms with Gasteiger partial charge < -0.3 is 9.42 Å². The molecule has 1 saturated heterocycles. The lowest BCUT2D eigenvalue weighted by atomic mass is 9.92. The molecule has 4 rings (SSSR count). The van der Waals surface area contributed by atoms with E-state index in [9.17, 15) is 4.79 Å². The third kappa shape index (κ3) is 4.71. The molecule has 1 aromatic carbocycles. The van der Waals surface area contributed by atoms with E-state index < -0.39 is 0 Å². The fourth-order valence-electron chi connectivity index (χ4n) is 4.44. The van der Waals surface area contributed by atoms with Crippen LogP contribution in [0.3, 0.4) is 0 Å². The highest BCUT2D eigenvalue weighted by Gasteiger charge is 2.31. The fourth-order valence-corrected chi connectivity index (χ4v) is 4.44. The van der Waals surface area contributed by atoms with Gasteiger partial charge in [-0.15, -0.1) is 0 Å². The third-order valence-electron chi connectivity index (χ3n) is 6.12. The molecule has 1 unspecified atom stereocenters. The zero-order valence-electron chi connectivity index (χ0n) is 18.9. The van der Waals surface area contributed by atoms with Gasteiger partial charge in [0.25, 0.3) is 5.91 Å². The number of aromatic nitrogens is 2. The Balaban J connectivity index is 1.46. The van der Waals surface area contributed by atoms with Gasteiger partial charge in [0.15, 0.2) is 0 Å². The Morgan fingerprint density at radius 1 is 1.19 bits per heavy atom. The lowest BCUT2D eigenvalue weighted by molar-refractivity contribution is 0.0702. The van der Waals surface area contributed by atoms with Crippen LogP contribution in [0, 0.1) is 13.8 Å². The van der Waals surface area contributed by atoms with Crippen molar-refractivity contribution in [2.45, 2.75) is 58.8 Å². The topological polar surface area (TPSA) is 59.2 Å². The van der Waals surface area contributed by atoms with Gasteiger partial charge in [-0.25, -0.2) is 0 Å². The molecule has 1 aliphatic heterocycles. The van der Waals surface area contributed by atoms with Crippen LogP contribution in [-0.4, -0.2) is 34.0 Å². The van der Waals surface area contributed by atoms with E-state index in [0.717, 1.165) is 37.2 Å². The van der Waals surface area contributed by atoms with Gasteiger partial charge in [0.1, 0.15) is 11.3 Å². The van der Waals surface area contributed by atoms with E-state index in [0.29, 0.717) is 17.9 Å². The summed E-state index contributed by atoms with van der Waals surface area (Å²) in [5.74, 6) is 1.05. The molecule has 2 aromatic heterocycles. The Hall–Kier alpha value is -2.95. The van der Waals surface area contributed by atoms with E-state index >= 15 is 0 Å². The summed E-state index contributed by atoms with van der Waals surface area (Å²) in [7, 11) is 0. The second-order valence-corrected chi connectivity index (χ2v) is 9.00. The first kappa shape index (κ1) is 21.3. The van der Waals surface area contributed by atoms with Crippen molar-refractivity contribution in [2.75, 3.05) is 13.1 Å². The van der Waals surface area contributed by atoms with Crippen LogP contribution in [0.2, 0.25) is 0 Å². The molecule has 162 valence electrons. The van der Waals surface area contributed by atoms with Gasteiger partial charge >= 0.3 is 0 Å². The van der Waals surface area contributed by atoms with Crippen molar-refractivity contribution >= 4 is 5.91 Å². The molecule has 1 atom stereocenters. The van der Waals surface area contributed by atoms with E-state index in [2.05, 4.69) is 48.5 Å². The van der Waals surface area contributed by atoms with Crippen molar-refractivity contribution in [1.29, 1.82) is 0 Å². The molecular weight excluding hydrogens is 386 g/mol. The maximum atomic E-state index is 13.3. The first-order chi connectivity index (χ1) is 14.9. The average Bonchev–Trinajstić information content (AvgIpc) is 3.15. The molecule has 0 aliphatic carbocycles. The quantitative estimate of drug-likeness (QED) is 0.556. The highest BCUT2D eigenvalue weighted by molar-refractivity contribution is 5.96. The van der Waals surface area contributed by atoms with E-state index in [1.165, 1.54) is 16.7 Å². The Bertz CT molecular complexity index is 1050. The molecule has 0 N–H and O–H groups in total. The molecule has 0 saturated carbocycles. The molecule has 5 heteroatoms. The molecular formula is C26H31N3O2. The summed E-state index contributed by atoms with van der Waals surface area (Å²) in [6.45, 7) is 9.47. The van der Waals surface area contributed by atoms with Gasteiger partial charge in [-0.2, -0.15) is 0 Å². The van der Waals surface area contributed by atoms with Gasteiger partial charge in [0, 0.05) is 30.9 Å². The summed E-state index contributed by atoms with van der Waals surface area (Å²) >= 11 is 0. The Morgan fingerprint density at radius 3 is 2.74 bits per heavy atom. The van der Waals surface area contributed by atoms with E-state index in [4.69, 9.17) is 9.51 Å². The summed E-state index contributed by atoms with van der Waals surface area (Å²) in [4.78, 5) is 20.0. The smallest absolute Gasteiger partial charge is 0.259 e. The number of rotatable bonds is 5. The van der Waals surface area contributed by atoms with Gasteiger partial charge in [0.2, 0.25) is 0 Å². The highest BCUT2D eigenvalue weighted by Crippen LogP contribution is 2.29. The minimum atomic E-state index is 0.0308. The Kier molecular flexibility index (Phi) is 6.21. The first-order valence-corrected chi connectivity index (χ1v) is 11.2. The van der Waals surface area contributed by atoms with Crippen LogP contribution in [0.25, 0.3) is 0 Å². The van der Waals surface area contributed by atoms with Crippen LogP contribution in [0.1, 0.15) is 82.7 Å². The summed E-state index contributed by atoms with van der Waals surface area (Å²) < 4.78 is 5.34. The predicted molar refractivity (Wildman–Crippen MR) is 121 cm³/mol. The van der Waals surface area contributed by atoms with Gasteiger partial charge in [0.05, 0.1) is 5.69 Å². The van der Waals surface area contributed by atoms with Gasteiger partial charge in [-0.05, 0) is 56.2 Å². The molecule has 0 spiro atoms. The minimum Gasteiger partial charge on any atom is -0.361 e. The highest BCUT2D eigenvalue weighted by atomic mass is 16.5. The van der Waals surface area contributed by atoms with Gasteiger partial charge in [-0.3, -0.25) is 9.78 Å². The molecule has 1 aliphatic rings. The van der Waals surface area contributed by atoms with Crippen molar-refractivity contribution in [3.63, 3.8) is 0 Å². The van der Waals surface area contributed by atoms with Crippen molar-refractivity contribution in [2.24, 2.45) is 0 Å². The number of carbonyl (C=O) groups excluding carboxylic acids is 1. The van der Waals surface area contributed by atoms with Crippen LogP contribution < -0.4 is 0 Å². The van der Waals surface area contributed by atoms with Crippen LogP contribution in [0.4, 0.5) is 0 Å². The molecule has 1 amide bonds. The number of pyridine rings is 1. The molecule has 5 nitrogen and oxygen atoms in total. The second kappa shape index (κ2) is 9.04. The van der Waals surface area contributed by atoms with E-state index in [-0.39, 0.29) is 17.7 Å². The molecule has 1 fully saturated rings. The van der Waals surface area contributed by atoms with Crippen LogP contribution in [-0.2, 0) is 6.42 Å². The second-order valence-electron chi connectivity index (χ2n) is 9.00. The Labute approximate surface area is 184 Å². The van der Waals surface area contributed by atoms with Crippen molar-refractivity contribution in [1.82, 2.24) is 15.0 Å².